The molecule has 0 radical (unpaired) electrons. The quantitative estimate of drug-likeness (QED) is 0.453. The molecule has 0 heterocycles. The van der Waals surface area contributed by atoms with Gasteiger partial charge in [0.25, 0.3) is 0 Å². The molecule has 1 aromatic rings. The van der Waals surface area contributed by atoms with Gasteiger partial charge in [-0.1, -0.05) is 0 Å². The summed E-state index contributed by atoms with van der Waals surface area (Å²) < 4.78 is 12.4. The summed E-state index contributed by atoms with van der Waals surface area (Å²) in [4.78, 5) is 26.0. The summed E-state index contributed by atoms with van der Waals surface area (Å²) >= 11 is 0.0695. The van der Waals surface area contributed by atoms with E-state index in [4.69, 9.17) is 9.47 Å². The van der Waals surface area contributed by atoms with E-state index in [1.54, 1.807) is 6.92 Å². The molecule has 7 heteroatoms. The van der Waals surface area contributed by atoms with Crippen molar-refractivity contribution in [2.24, 2.45) is 17.3 Å². The number of carbonyl (C=O) groups is 2. The van der Waals surface area contributed by atoms with Crippen LogP contribution in [0.1, 0.15) is 27.7 Å². The van der Waals surface area contributed by atoms with Crippen LogP contribution in [0.25, 0.3) is 0 Å². The predicted molar refractivity (Wildman–Crippen MR) is 118 cm³/mol. The van der Waals surface area contributed by atoms with Gasteiger partial charge in [0.15, 0.2) is 0 Å². The Morgan fingerprint density at radius 1 is 1.21 bits per heavy atom. The van der Waals surface area contributed by atoms with Crippen LogP contribution in [0.5, 0.6) is 0 Å². The number of rotatable bonds is 8. The van der Waals surface area contributed by atoms with Gasteiger partial charge in [-0.3, -0.25) is 0 Å². The van der Waals surface area contributed by atoms with Gasteiger partial charge in [-0.05, 0) is 0 Å². The number of hydrogen-bond acceptors (Lipinski definition) is 5. The van der Waals surface area contributed by atoms with Gasteiger partial charge in [-0.25, -0.2) is 0 Å². The Labute approximate surface area is 181 Å². The van der Waals surface area contributed by atoms with Crippen LogP contribution in [0.4, 0.5) is 0 Å². The minimum absolute atomic E-state index is 0.0695. The number of esters is 2. The average molecular weight is 486 g/mol. The van der Waals surface area contributed by atoms with Crippen LogP contribution in [0.15, 0.2) is 30.3 Å². The SMILES string of the molecule is CCOC(=O)[C@]1(CO)[C@H]([C@H]([Se]c2ccccc2)[Si](C)(C)C)[C@@H]1C(=O)OC(C)(C)C. The van der Waals surface area contributed by atoms with Crippen molar-refractivity contribution in [1.82, 2.24) is 0 Å². The molecule has 1 fully saturated rings. The molecule has 0 saturated heterocycles. The van der Waals surface area contributed by atoms with E-state index >= 15 is 0 Å². The van der Waals surface area contributed by atoms with Gasteiger partial charge in [-0.2, -0.15) is 0 Å². The first-order valence-electron chi connectivity index (χ1n) is 10.1. The summed E-state index contributed by atoms with van der Waals surface area (Å²) in [6.07, 6.45) is 0. The topological polar surface area (TPSA) is 72.8 Å². The maximum atomic E-state index is 13.1. The molecule has 1 aliphatic rings. The third kappa shape index (κ3) is 5.32. The van der Waals surface area contributed by atoms with Crippen molar-refractivity contribution in [2.45, 2.75) is 57.4 Å². The Morgan fingerprint density at radius 3 is 2.24 bits per heavy atom. The summed E-state index contributed by atoms with van der Waals surface area (Å²) in [6, 6.07) is 10.2. The van der Waals surface area contributed by atoms with E-state index in [9.17, 15) is 14.7 Å². The van der Waals surface area contributed by atoms with E-state index in [-0.39, 0.29) is 31.9 Å². The van der Waals surface area contributed by atoms with Gasteiger partial charge in [0.2, 0.25) is 0 Å². The summed E-state index contributed by atoms with van der Waals surface area (Å²) in [5.41, 5.74) is -1.85. The van der Waals surface area contributed by atoms with Gasteiger partial charge >= 0.3 is 182 Å². The van der Waals surface area contributed by atoms with Crippen molar-refractivity contribution in [3.05, 3.63) is 30.3 Å². The van der Waals surface area contributed by atoms with Crippen LogP contribution in [-0.4, -0.2) is 58.9 Å². The van der Waals surface area contributed by atoms with E-state index in [2.05, 4.69) is 31.8 Å². The molecular formula is C22H34O5SeSi. The maximum absolute atomic E-state index is 13.1. The fraction of sp³-hybridized carbons (Fsp3) is 0.636. The van der Waals surface area contributed by atoms with E-state index in [0.29, 0.717) is 0 Å². The molecule has 0 unspecified atom stereocenters. The molecule has 1 saturated carbocycles. The Morgan fingerprint density at radius 2 is 1.79 bits per heavy atom. The molecule has 0 aromatic heterocycles. The van der Waals surface area contributed by atoms with Crippen LogP contribution in [0.2, 0.25) is 24.1 Å². The average Bonchev–Trinajstić information content (AvgIpc) is 3.28. The molecule has 5 nitrogen and oxygen atoms in total. The van der Waals surface area contributed by atoms with Crippen molar-refractivity contribution in [1.29, 1.82) is 0 Å². The van der Waals surface area contributed by atoms with Crippen molar-refractivity contribution in [3.8, 4) is 0 Å². The normalized spacial score (nSPS) is 25.2. The molecule has 1 aromatic carbocycles. The van der Waals surface area contributed by atoms with Crippen molar-refractivity contribution >= 4 is 39.4 Å². The molecule has 1 N–H and O–H groups in total. The standard InChI is InChI=1S/C22H34O5SeSi/c1-8-26-20(25)22(14-23)16(18(24)27-21(2,3)4)17(22)19(29(5,6)7)28-15-12-10-9-11-13-15/h9-13,16-17,19,23H,8,14H2,1-7H3/t16-,17+,19-,22+/m1/s1. The zero-order chi connectivity index (χ0) is 22.0. The first-order valence-corrected chi connectivity index (χ1v) is 15.5. The third-order valence-electron chi connectivity index (χ3n) is 5.16. The second kappa shape index (κ2) is 8.92. The molecule has 0 aliphatic heterocycles. The fourth-order valence-corrected chi connectivity index (χ4v) is 11.1. The van der Waals surface area contributed by atoms with Crippen LogP contribution in [0, 0.1) is 17.3 Å². The molecule has 4 atom stereocenters. The van der Waals surface area contributed by atoms with E-state index < -0.39 is 43.6 Å². The van der Waals surface area contributed by atoms with Crippen molar-refractivity contribution in [3.63, 3.8) is 0 Å². The summed E-state index contributed by atoms with van der Waals surface area (Å²) in [6.45, 7) is 13.8. The monoisotopic (exact) mass is 486 g/mol. The molecule has 0 spiro atoms. The van der Waals surface area contributed by atoms with Crippen LogP contribution in [-0.2, 0) is 19.1 Å². The summed E-state index contributed by atoms with van der Waals surface area (Å²) in [5.74, 6) is -1.80. The number of aliphatic hydroxyl groups is 1. The Balaban J connectivity index is 2.46. The number of aliphatic hydroxyl groups excluding tert-OH is 1. The second-order valence-corrected chi connectivity index (χ2v) is 18.5. The Kier molecular flexibility index (Phi) is 7.42. The first kappa shape index (κ1) is 24.1. The van der Waals surface area contributed by atoms with Crippen LogP contribution < -0.4 is 4.46 Å². The zero-order valence-electron chi connectivity index (χ0n) is 18.5. The second-order valence-electron chi connectivity index (χ2n) is 9.67. The van der Waals surface area contributed by atoms with Gasteiger partial charge < -0.3 is 0 Å². The Hall–Kier alpha value is -1.14. The summed E-state index contributed by atoms with van der Waals surface area (Å²) in [7, 11) is -1.79. The first-order chi connectivity index (χ1) is 13.4. The van der Waals surface area contributed by atoms with Crippen molar-refractivity contribution in [2.75, 3.05) is 13.2 Å². The zero-order valence-corrected chi connectivity index (χ0v) is 21.2. The molecule has 0 bridgehead atoms. The Bertz CT molecular complexity index is 725. The number of hydrogen-bond donors (Lipinski definition) is 1. The van der Waals surface area contributed by atoms with Gasteiger partial charge in [0.1, 0.15) is 0 Å². The van der Waals surface area contributed by atoms with Gasteiger partial charge in [-0.15, -0.1) is 0 Å². The minimum atomic E-state index is -1.79. The van der Waals surface area contributed by atoms with E-state index in [1.807, 2.05) is 39.0 Å². The number of ether oxygens (including phenoxy) is 2. The number of carbonyl (C=O) groups excluding carboxylic acids is 2. The predicted octanol–water partition coefficient (Wildman–Crippen LogP) is 2.81. The molecule has 1 aliphatic carbocycles. The van der Waals surface area contributed by atoms with Crippen molar-refractivity contribution < 1.29 is 24.2 Å². The number of benzene rings is 1. The molecule has 29 heavy (non-hydrogen) atoms. The fourth-order valence-electron chi connectivity index (χ4n) is 3.87. The third-order valence-corrected chi connectivity index (χ3v) is 14.6. The van der Waals surface area contributed by atoms with Crippen LogP contribution >= 0.6 is 0 Å². The van der Waals surface area contributed by atoms with Gasteiger partial charge in [0, 0.05) is 0 Å². The van der Waals surface area contributed by atoms with E-state index in [0.717, 1.165) is 0 Å². The molecule has 162 valence electrons. The summed E-state index contributed by atoms with van der Waals surface area (Å²) in [5, 5.41) is 10.3. The van der Waals surface area contributed by atoms with Gasteiger partial charge in [0.05, 0.1) is 0 Å². The molecular weight excluding hydrogens is 451 g/mol. The van der Waals surface area contributed by atoms with Crippen LogP contribution in [0.3, 0.4) is 0 Å². The van der Waals surface area contributed by atoms with E-state index in [1.165, 1.54) is 4.46 Å². The molecule has 0 amide bonds. The molecule has 2 rings (SSSR count).